The van der Waals surface area contributed by atoms with E-state index in [1.165, 1.54) is 44.1 Å². The third-order valence-electron chi connectivity index (χ3n) is 5.01. The summed E-state index contributed by atoms with van der Waals surface area (Å²) in [6.07, 6.45) is 7.82. The molecule has 0 aliphatic heterocycles. The highest BCUT2D eigenvalue weighted by molar-refractivity contribution is 5.31. The normalized spacial score (nSPS) is 23.0. The average Bonchev–Trinajstić information content (AvgIpc) is 3.11. The number of nitrogens with zero attached hydrogens (tertiary/aromatic N) is 1. The van der Waals surface area contributed by atoms with Crippen LogP contribution in [-0.4, -0.2) is 30.6 Å². The SMILES string of the molecule is CN(C)C1(C(N)c2ccc(OC3CC3)cc2)CCCC1. The van der Waals surface area contributed by atoms with E-state index in [0.717, 1.165) is 5.75 Å². The van der Waals surface area contributed by atoms with E-state index in [1.54, 1.807) is 0 Å². The molecule has 0 bridgehead atoms. The summed E-state index contributed by atoms with van der Waals surface area (Å²) in [5, 5.41) is 0. The molecule has 1 unspecified atom stereocenters. The standard InChI is InChI=1S/C17H26N2O/c1-19(2)17(11-3-4-12-17)16(18)13-5-7-14(8-6-13)20-15-9-10-15/h5-8,15-16H,3-4,9-12,18H2,1-2H3. The summed E-state index contributed by atoms with van der Waals surface area (Å²) < 4.78 is 5.81. The molecule has 0 aromatic heterocycles. The minimum absolute atomic E-state index is 0.0787. The highest BCUT2D eigenvalue weighted by Gasteiger charge is 2.42. The molecule has 2 saturated carbocycles. The Morgan fingerprint density at radius 2 is 1.75 bits per heavy atom. The van der Waals surface area contributed by atoms with Gasteiger partial charge in [0.15, 0.2) is 0 Å². The van der Waals surface area contributed by atoms with Gasteiger partial charge in [0, 0.05) is 11.6 Å². The molecule has 0 radical (unpaired) electrons. The second kappa shape index (κ2) is 5.38. The zero-order valence-corrected chi connectivity index (χ0v) is 12.6. The van der Waals surface area contributed by atoms with E-state index in [2.05, 4.69) is 43.3 Å². The largest absolute Gasteiger partial charge is 0.490 e. The summed E-state index contributed by atoms with van der Waals surface area (Å²) >= 11 is 0. The van der Waals surface area contributed by atoms with Gasteiger partial charge >= 0.3 is 0 Å². The fourth-order valence-electron chi connectivity index (χ4n) is 3.47. The molecule has 2 aliphatic carbocycles. The Morgan fingerprint density at radius 3 is 2.25 bits per heavy atom. The van der Waals surface area contributed by atoms with Crippen molar-refractivity contribution < 1.29 is 4.74 Å². The Bertz CT molecular complexity index is 445. The van der Waals surface area contributed by atoms with Gasteiger partial charge in [-0.05, 0) is 57.5 Å². The van der Waals surface area contributed by atoms with Crippen molar-refractivity contribution in [3.63, 3.8) is 0 Å². The Hall–Kier alpha value is -1.06. The van der Waals surface area contributed by atoms with Gasteiger partial charge in [0.2, 0.25) is 0 Å². The molecular formula is C17H26N2O. The number of benzene rings is 1. The number of hydrogen-bond acceptors (Lipinski definition) is 3. The molecule has 2 N–H and O–H groups in total. The predicted octanol–water partition coefficient (Wildman–Crippen LogP) is 3.10. The lowest BCUT2D eigenvalue weighted by Crippen LogP contribution is -2.50. The fourth-order valence-corrected chi connectivity index (χ4v) is 3.47. The van der Waals surface area contributed by atoms with Gasteiger partial charge in [-0.2, -0.15) is 0 Å². The summed E-state index contributed by atoms with van der Waals surface area (Å²) in [6, 6.07) is 8.52. The van der Waals surface area contributed by atoms with Crippen LogP contribution in [0.15, 0.2) is 24.3 Å². The van der Waals surface area contributed by atoms with Crippen LogP contribution in [-0.2, 0) is 0 Å². The summed E-state index contributed by atoms with van der Waals surface area (Å²) in [7, 11) is 4.32. The first kappa shape index (κ1) is 13.9. The van der Waals surface area contributed by atoms with Crippen LogP contribution in [0.1, 0.15) is 50.1 Å². The Morgan fingerprint density at radius 1 is 1.15 bits per heavy atom. The summed E-state index contributed by atoms with van der Waals surface area (Å²) in [5.74, 6) is 0.980. The highest BCUT2D eigenvalue weighted by Crippen LogP contribution is 2.42. The van der Waals surface area contributed by atoms with E-state index in [-0.39, 0.29) is 11.6 Å². The Labute approximate surface area is 122 Å². The molecule has 110 valence electrons. The number of hydrogen-bond donors (Lipinski definition) is 1. The van der Waals surface area contributed by atoms with E-state index in [9.17, 15) is 0 Å². The first-order chi connectivity index (χ1) is 9.62. The molecular weight excluding hydrogens is 248 g/mol. The lowest BCUT2D eigenvalue weighted by Gasteiger charge is -2.41. The first-order valence-electron chi connectivity index (χ1n) is 7.81. The van der Waals surface area contributed by atoms with E-state index in [1.807, 2.05) is 0 Å². The zero-order valence-electron chi connectivity index (χ0n) is 12.6. The molecule has 20 heavy (non-hydrogen) atoms. The first-order valence-corrected chi connectivity index (χ1v) is 7.81. The van der Waals surface area contributed by atoms with Crippen molar-refractivity contribution >= 4 is 0 Å². The third-order valence-corrected chi connectivity index (χ3v) is 5.01. The highest BCUT2D eigenvalue weighted by atomic mass is 16.5. The average molecular weight is 274 g/mol. The number of ether oxygens (including phenoxy) is 1. The van der Waals surface area contributed by atoms with Crippen LogP contribution in [0.4, 0.5) is 0 Å². The fraction of sp³-hybridized carbons (Fsp3) is 0.647. The lowest BCUT2D eigenvalue weighted by molar-refractivity contribution is 0.123. The van der Waals surface area contributed by atoms with Crippen molar-refractivity contribution in [2.75, 3.05) is 14.1 Å². The van der Waals surface area contributed by atoms with Gasteiger partial charge in [-0.3, -0.25) is 0 Å². The van der Waals surface area contributed by atoms with Crippen LogP contribution in [0.25, 0.3) is 0 Å². The van der Waals surface area contributed by atoms with Gasteiger partial charge in [0.25, 0.3) is 0 Å². The van der Waals surface area contributed by atoms with E-state index in [0.29, 0.717) is 6.10 Å². The molecule has 0 saturated heterocycles. The van der Waals surface area contributed by atoms with Gasteiger partial charge in [0.1, 0.15) is 5.75 Å². The lowest BCUT2D eigenvalue weighted by atomic mass is 9.83. The Balaban J connectivity index is 1.76. The molecule has 3 rings (SSSR count). The third kappa shape index (κ3) is 2.57. The molecule has 1 aromatic carbocycles. The van der Waals surface area contributed by atoms with Crippen molar-refractivity contribution in [2.45, 2.75) is 56.2 Å². The summed E-state index contributed by atoms with van der Waals surface area (Å²) in [4.78, 5) is 2.33. The van der Waals surface area contributed by atoms with Gasteiger partial charge in [-0.25, -0.2) is 0 Å². The van der Waals surface area contributed by atoms with Crippen LogP contribution in [0.5, 0.6) is 5.75 Å². The van der Waals surface area contributed by atoms with Crippen molar-refractivity contribution in [3.05, 3.63) is 29.8 Å². The number of rotatable bonds is 5. The monoisotopic (exact) mass is 274 g/mol. The van der Waals surface area contributed by atoms with E-state index in [4.69, 9.17) is 10.5 Å². The van der Waals surface area contributed by atoms with Crippen LogP contribution >= 0.6 is 0 Å². The van der Waals surface area contributed by atoms with Gasteiger partial charge in [0.05, 0.1) is 6.10 Å². The molecule has 2 fully saturated rings. The topological polar surface area (TPSA) is 38.5 Å². The smallest absolute Gasteiger partial charge is 0.119 e. The summed E-state index contributed by atoms with van der Waals surface area (Å²) in [6.45, 7) is 0. The van der Waals surface area contributed by atoms with Crippen molar-refractivity contribution in [3.8, 4) is 5.75 Å². The Kier molecular flexibility index (Phi) is 3.74. The maximum Gasteiger partial charge on any atom is 0.119 e. The second-order valence-electron chi connectivity index (χ2n) is 6.57. The minimum Gasteiger partial charge on any atom is -0.490 e. The van der Waals surface area contributed by atoms with Crippen LogP contribution in [0, 0.1) is 0 Å². The molecule has 0 heterocycles. The number of likely N-dealkylation sites (N-methyl/N-ethyl adjacent to an activating group) is 1. The van der Waals surface area contributed by atoms with Crippen LogP contribution < -0.4 is 10.5 Å². The van der Waals surface area contributed by atoms with Gasteiger partial charge < -0.3 is 15.4 Å². The minimum atomic E-state index is 0.0787. The van der Waals surface area contributed by atoms with Crippen LogP contribution in [0.3, 0.4) is 0 Å². The predicted molar refractivity (Wildman–Crippen MR) is 81.9 cm³/mol. The quantitative estimate of drug-likeness (QED) is 0.896. The molecule has 0 spiro atoms. The maximum absolute atomic E-state index is 6.62. The van der Waals surface area contributed by atoms with E-state index < -0.39 is 0 Å². The molecule has 3 nitrogen and oxygen atoms in total. The molecule has 0 amide bonds. The van der Waals surface area contributed by atoms with Crippen molar-refractivity contribution in [1.82, 2.24) is 4.90 Å². The second-order valence-corrected chi connectivity index (χ2v) is 6.57. The number of nitrogens with two attached hydrogens (primary N) is 1. The molecule has 2 aliphatic rings. The molecule has 1 atom stereocenters. The van der Waals surface area contributed by atoms with Gasteiger partial charge in [-0.15, -0.1) is 0 Å². The summed E-state index contributed by atoms with van der Waals surface area (Å²) in [5.41, 5.74) is 7.97. The van der Waals surface area contributed by atoms with Gasteiger partial charge in [-0.1, -0.05) is 25.0 Å². The zero-order chi connectivity index (χ0) is 14.2. The molecule has 1 aromatic rings. The van der Waals surface area contributed by atoms with Crippen LogP contribution in [0.2, 0.25) is 0 Å². The van der Waals surface area contributed by atoms with Crippen molar-refractivity contribution in [1.29, 1.82) is 0 Å². The maximum atomic E-state index is 6.62. The van der Waals surface area contributed by atoms with Crippen molar-refractivity contribution in [2.24, 2.45) is 5.73 Å². The molecule has 3 heteroatoms. The van der Waals surface area contributed by atoms with E-state index >= 15 is 0 Å².